The number of amides is 2. The number of carbonyl (C=O) groups excluding carboxylic acids is 1. The van der Waals surface area contributed by atoms with E-state index < -0.39 is 0 Å². The summed E-state index contributed by atoms with van der Waals surface area (Å²) in [7, 11) is 0. The van der Waals surface area contributed by atoms with E-state index >= 15 is 0 Å². The second-order valence-corrected chi connectivity index (χ2v) is 5.48. The summed E-state index contributed by atoms with van der Waals surface area (Å²) in [5, 5.41) is 5.68. The highest BCUT2D eigenvalue weighted by atomic mass is 16.5. The predicted octanol–water partition coefficient (Wildman–Crippen LogP) is 2.71. The summed E-state index contributed by atoms with van der Waals surface area (Å²) < 4.78 is 5.75. The average molecular weight is 311 g/mol. The van der Waals surface area contributed by atoms with Crippen molar-refractivity contribution >= 4 is 17.4 Å². The van der Waals surface area contributed by atoms with Gasteiger partial charge in [0.1, 0.15) is 0 Å². The number of ether oxygens (including phenoxy) is 1. The quantitative estimate of drug-likeness (QED) is 0.913. The van der Waals surface area contributed by atoms with Crippen LogP contribution in [0, 0.1) is 0 Å². The van der Waals surface area contributed by atoms with Crippen molar-refractivity contribution in [1.82, 2.24) is 5.32 Å². The lowest BCUT2D eigenvalue weighted by atomic mass is 10.2. The van der Waals surface area contributed by atoms with Gasteiger partial charge in [-0.15, -0.1) is 0 Å². The van der Waals surface area contributed by atoms with Gasteiger partial charge in [0, 0.05) is 31.0 Å². The highest BCUT2D eigenvalue weighted by Gasteiger charge is 2.21. The summed E-state index contributed by atoms with van der Waals surface area (Å²) in [6, 6.07) is 19.5. The van der Waals surface area contributed by atoms with E-state index in [1.54, 1.807) is 0 Å². The summed E-state index contributed by atoms with van der Waals surface area (Å²) >= 11 is 0. The van der Waals surface area contributed by atoms with E-state index in [-0.39, 0.29) is 12.1 Å². The molecule has 1 atom stereocenters. The maximum Gasteiger partial charge on any atom is 0.319 e. The molecule has 0 saturated carbocycles. The van der Waals surface area contributed by atoms with Gasteiger partial charge in [0.25, 0.3) is 0 Å². The number of carbonyl (C=O) groups is 1. The molecule has 2 N–H and O–H groups in total. The van der Waals surface area contributed by atoms with Gasteiger partial charge >= 0.3 is 6.03 Å². The van der Waals surface area contributed by atoms with E-state index in [4.69, 9.17) is 4.74 Å². The third kappa shape index (κ3) is 4.47. The van der Waals surface area contributed by atoms with Crippen LogP contribution < -0.4 is 15.5 Å². The van der Waals surface area contributed by atoms with Crippen molar-refractivity contribution in [2.75, 3.05) is 36.5 Å². The van der Waals surface area contributed by atoms with Gasteiger partial charge in [-0.2, -0.15) is 0 Å². The molecular formula is C18H21N3O2. The fourth-order valence-corrected chi connectivity index (χ4v) is 2.62. The van der Waals surface area contributed by atoms with Crippen LogP contribution in [0.25, 0.3) is 0 Å². The molecule has 5 nitrogen and oxygen atoms in total. The van der Waals surface area contributed by atoms with Crippen LogP contribution in [0.5, 0.6) is 0 Å². The molecule has 0 radical (unpaired) electrons. The second-order valence-electron chi connectivity index (χ2n) is 5.48. The maximum atomic E-state index is 11.9. The Labute approximate surface area is 136 Å². The maximum absolute atomic E-state index is 11.9. The van der Waals surface area contributed by atoms with Crippen LogP contribution in [0.2, 0.25) is 0 Å². The van der Waals surface area contributed by atoms with Crippen molar-refractivity contribution in [3.05, 3.63) is 60.7 Å². The Morgan fingerprint density at radius 1 is 1.09 bits per heavy atom. The molecule has 0 aromatic heterocycles. The normalized spacial score (nSPS) is 17.6. The van der Waals surface area contributed by atoms with E-state index in [2.05, 4.69) is 27.7 Å². The highest BCUT2D eigenvalue weighted by Crippen LogP contribution is 2.16. The minimum absolute atomic E-state index is 0.00882. The zero-order chi connectivity index (χ0) is 15.9. The average Bonchev–Trinajstić information content (AvgIpc) is 2.62. The van der Waals surface area contributed by atoms with Crippen LogP contribution in [0.4, 0.5) is 16.2 Å². The number of hydrogen-bond donors (Lipinski definition) is 2. The van der Waals surface area contributed by atoms with Crippen LogP contribution >= 0.6 is 0 Å². The first kappa shape index (κ1) is 15.4. The first-order valence-corrected chi connectivity index (χ1v) is 7.83. The first-order chi connectivity index (χ1) is 11.3. The number of nitrogens with zero attached hydrogens (tertiary/aromatic N) is 1. The molecule has 0 bridgehead atoms. The summed E-state index contributed by atoms with van der Waals surface area (Å²) in [5.41, 5.74) is 1.97. The van der Waals surface area contributed by atoms with Crippen molar-refractivity contribution in [2.45, 2.75) is 6.10 Å². The third-order valence-corrected chi connectivity index (χ3v) is 3.78. The lowest BCUT2D eigenvalue weighted by Gasteiger charge is -2.34. The molecule has 1 aliphatic heterocycles. The Bertz CT molecular complexity index is 619. The number of anilines is 2. The molecule has 0 aliphatic carbocycles. The van der Waals surface area contributed by atoms with E-state index in [0.717, 1.165) is 18.8 Å². The van der Waals surface area contributed by atoms with Crippen molar-refractivity contribution in [2.24, 2.45) is 0 Å². The molecule has 2 amide bonds. The van der Waals surface area contributed by atoms with E-state index in [1.807, 2.05) is 48.5 Å². The molecule has 3 rings (SSSR count). The molecule has 1 saturated heterocycles. The topological polar surface area (TPSA) is 53.6 Å². The number of morpholine rings is 1. The van der Waals surface area contributed by atoms with E-state index in [0.29, 0.717) is 13.2 Å². The molecule has 2 aromatic rings. The van der Waals surface area contributed by atoms with E-state index in [1.165, 1.54) is 5.69 Å². The minimum atomic E-state index is -0.211. The van der Waals surface area contributed by atoms with Gasteiger partial charge in [-0.25, -0.2) is 4.79 Å². The highest BCUT2D eigenvalue weighted by molar-refractivity contribution is 5.89. The summed E-state index contributed by atoms with van der Waals surface area (Å²) in [6.07, 6.45) is -0.00882. The molecular weight excluding hydrogens is 290 g/mol. The van der Waals surface area contributed by atoms with Crippen LogP contribution in [-0.4, -0.2) is 38.4 Å². The predicted molar refractivity (Wildman–Crippen MR) is 91.9 cm³/mol. The Kier molecular flexibility index (Phi) is 5.11. The van der Waals surface area contributed by atoms with Gasteiger partial charge in [-0.3, -0.25) is 0 Å². The number of urea groups is 1. The lowest BCUT2D eigenvalue weighted by molar-refractivity contribution is 0.0427. The molecule has 1 aliphatic rings. The largest absolute Gasteiger partial charge is 0.373 e. The Morgan fingerprint density at radius 2 is 1.78 bits per heavy atom. The molecule has 120 valence electrons. The van der Waals surface area contributed by atoms with Crippen molar-refractivity contribution < 1.29 is 9.53 Å². The standard InChI is InChI=1S/C18H21N3O2/c22-18(20-15-7-3-1-4-8-15)19-13-17-14-21(11-12-23-17)16-9-5-2-6-10-16/h1-10,17H,11-14H2,(H2,19,20,22). The van der Waals surface area contributed by atoms with Gasteiger partial charge in [0.05, 0.1) is 12.7 Å². The van der Waals surface area contributed by atoms with Crippen LogP contribution in [0.1, 0.15) is 0 Å². The summed E-state index contributed by atoms with van der Waals surface area (Å²) in [5.74, 6) is 0. The zero-order valence-electron chi connectivity index (χ0n) is 12.9. The lowest BCUT2D eigenvalue weighted by Crippen LogP contribution is -2.48. The second kappa shape index (κ2) is 7.65. The van der Waals surface area contributed by atoms with Crippen LogP contribution in [-0.2, 0) is 4.74 Å². The van der Waals surface area contributed by atoms with Gasteiger partial charge in [-0.1, -0.05) is 36.4 Å². The molecule has 2 aromatic carbocycles. The fourth-order valence-electron chi connectivity index (χ4n) is 2.62. The molecule has 1 fully saturated rings. The number of benzene rings is 2. The third-order valence-electron chi connectivity index (χ3n) is 3.78. The van der Waals surface area contributed by atoms with Crippen molar-refractivity contribution in [3.8, 4) is 0 Å². The summed E-state index contributed by atoms with van der Waals surface area (Å²) in [6.45, 7) is 2.80. The summed E-state index contributed by atoms with van der Waals surface area (Å²) in [4.78, 5) is 14.2. The van der Waals surface area contributed by atoms with Crippen LogP contribution in [0.3, 0.4) is 0 Å². The molecule has 1 heterocycles. The molecule has 1 unspecified atom stereocenters. The van der Waals surface area contributed by atoms with Crippen LogP contribution in [0.15, 0.2) is 60.7 Å². The fraction of sp³-hybridized carbons (Fsp3) is 0.278. The Balaban J connectivity index is 1.47. The van der Waals surface area contributed by atoms with Gasteiger partial charge < -0.3 is 20.3 Å². The monoisotopic (exact) mass is 311 g/mol. The molecule has 5 heteroatoms. The molecule has 23 heavy (non-hydrogen) atoms. The van der Waals surface area contributed by atoms with Crippen molar-refractivity contribution in [1.29, 1.82) is 0 Å². The number of nitrogens with one attached hydrogen (secondary N) is 2. The first-order valence-electron chi connectivity index (χ1n) is 7.83. The van der Waals surface area contributed by atoms with Gasteiger partial charge in [-0.05, 0) is 24.3 Å². The number of hydrogen-bond acceptors (Lipinski definition) is 3. The zero-order valence-corrected chi connectivity index (χ0v) is 12.9. The Hall–Kier alpha value is -2.53. The van der Waals surface area contributed by atoms with Crippen molar-refractivity contribution in [3.63, 3.8) is 0 Å². The SMILES string of the molecule is O=C(NCC1CN(c2ccccc2)CCO1)Nc1ccccc1. The van der Waals surface area contributed by atoms with Gasteiger partial charge in [0.2, 0.25) is 0 Å². The van der Waals surface area contributed by atoms with E-state index in [9.17, 15) is 4.79 Å². The minimum Gasteiger partial charge on any atom is -0.373 e. The smallest absolute Gasteiger partial charge is 0.319 e. The number of para-hydroxylation sites is 2. The Morgan fingerprint density at radius 3 is 2.52 bits per heavy atom. The molecule has 0 spiro atoms. The van der Waals surface area contributed by atoms with Gasteiger partial charge in [0.15, 0.2) is 0 Å². The number of rotatable bonds is 4.